The topological polar surface area (TPSA) is 39.2 Å². The molecule has 1 aromatic heterocycles. The molecular formula is C13H17NO. The van der Waals surface area contributed by atoms with E-state index in [2.05, 4.69) is 19.1 Å². The van der Waals surface area contributed by atoms with Gasteiger partial charge in [-0.2, -0.15) is 0 Å². The van der Waals surface area contributed by atoms with Gasteiger partial charge in [0, 0.05) is 5.39 Å². The Bertz CT molecular complexity index is 457. The third-order valence-corrected chi connectivity index (χ3v) is 2.59. The minimum absolute atomic E-state index is 0.0352. The molecule has 80 valence electrons. The third-order valence-electron chi connectivity index (χ3n) is 2.59. The summed E-state index contributed by atoms with van der Waals surface area (Å²) in [6.07, 6.45) is 2.29. The van der Waals surface area contributed by atoms with E-state index in [1.165, 1.54) is 12.0 Å². The quantitative estimate of drug-likeness (QED) is 0.830. The second kappa shape index (κ2) is 4.07. The molecule has 0 aliphatic heterocycles. The summed E-state index contributed by atoms with van der Waals surface area (Å²) in [5, 5.41) is 1.16. The Morgan fingerprint density at radius 1 is 1.33 bits per heavy atom. The van der Waals surface area contributed by atoms with Gasteiger partial charge < -0.3 is 10.2 Å². The molecule has 0 fully saturated rings. The van der Waals surface area contributed by atoms with Crippen LogP contribution in [0.5, 0.6) is 0 Å². The first-order valence-electron chi connectivity index (χ1n) is 5.48. The van der Waals surface area contributed by atoms with Crippen LogP contribution in [0.4, 0.5) is 0 Å². The highest BCUT2D eigenvalue weighted by atomic mass is 16.3. The van der Waals surface area contributed by atoms with Crippen molar-refractivity contribution in [2.45, 2.75) is 32.7 Å². The lowest BCUT2D eigenvalue weighted by Crippen LogP contribution is -2.02. The molecule has 1 heterocycles. The Hall–Kier alpha value is -1.28. The first-order chi connectivity index (χ1) is 7.20. The van der Waals surface area contributed by atoms with Crippen molar-refractivity contribution in [2.24, 2.45) is 5.73 Å². The molecule has 1 aromatic carbocycles. The number of benzene rings is 1. The van der Waals surface area contributed by atoms with Gasteiger partial charge >= 0.3 is 0 Å². The maximum Gasteiger partial charge on any atom is 0.134 e. The second-order valence-corrected chi connectivity index (χ2v) is 4.06. The van der Waals surface area contributed by atoms with E-state index in [1.807, 2.05) is 19.1 Å². The summed E-state index contributed by atoms with van der Waals surface area (Å²) >= 11 is 0. The van der Waals surface area contributed by atoms with Gasteiger partial charge in [0.25, 0.3) is 0 Å². The zero-order chi connectivity index (χ0) is 10.8. The van der Waals surface area contributed by atoms with E-state index in [0.717, 1.165) is 23.2 Å². The summed E-state index contributed by atoms with van der Waals surface area (Å²) in [7, 11) is 0. The van der Waals surface area contributed by atoms with Gasteiger partial charge in [0.1, 0.15) is 11.3 Å². The molecule has 0 bridgehead atoms. The van der Waals surface area contributed by atoms with E-state index < -0.39 is 0 Å². The van der Waals surface area contributed by atoms with Gasteiger partial charge in [-0.1, -0.05) is 19.4 Å². The van der Waals surface area contributed by atoms with Crippen LogP contribution in [0.15, 0.2) is 28.7 Å². The molecule has 2 heteroatoms. The fraction of sp³-hybridized carbons (Fsp3) is 0.385. The van der Waals surface area contributed by atoms with Gasteiger partial charge in [-0.05, 0) is 37.1 Å². The zero-order valence-corrected chi connectivity index (χ0v) is 9.29. The summed E-state index contributed by atoms with van der Waals surface area (Å²) < 4.78 is 5.64. The minimum atomic E-state index is -0.0352. The molecule has 0 spiro atoms. The van der Waals surface area contributed by atoms with Gasteiger partial charge in [-0.3, -0.25) is 0 Å². The van der Waals surface area contributed by atoms with E-state index in [4.69, 9.17) is 10.2 Å². The summed E-state index contributed by atoms with van der Waals surface area (Å²) in [5.74, 6) is 0.860. The molecule has 0 aliphatic carbocycles. The van der Waals surface area contributed by atoms with Gasteiger partial charge in [-0.25, -0.2) is 0 Å². The maximum absolute atomic E-state index is 5.78. The Morgan fingerprint density at radius 2 is 2.13 bits per heavy atom. The van der Waals surface area contributed by atoms with Crippen molar-refractivity contribution in [3.63, 3.8) is 0 Å². The van der Waals surface area contributed by atoms with Crippen LogP contribution in [0.3, 0.4) is 0 Å². The molecule has 15 heavy (non-hydrogen) atoms. The van der Waals surface area contributed by atoms with E-state index in [1.54, 1.807) is 0 Å². The van der Waals surface area contributed by atoms with Gasteiger partial charge in [-0.15, -0.1) is 0 Å². The van der Waals surface area contributed by atoms with Crippen molar-refractivity contribution in [1.29, 1.82) is 0 Å². The molecule has 0 aliphatic rings. The first kappa shape index (κ1) is 10.2. The first-order valence-corrected chi connectivity index (χ1v) is 5.48. The van der Waals surface area contributed by atoms with Crippen molar-refractivity contribution < 1.29 is 4.42 Å². The second-order valence-electron chi connectivity index (χ2n) is 4.06. The van der Waals surface area contributed by atoms with Crippen molar-refractivity contribution >= 4 is 11.0 Å². The number of aryl methyl sites for hydroxylation is 1. The molecule has 2 aromatic rings. The van der Waals surface area contributed by atoms with Crippen molar-refractivity contribution in [3.05, 3.63) is 35.6 Å². The third kappa shape index (κ3) is 2.05. The van der Waals surface area contributed by atoms with E-state index in [9.17, 15) is 0 Å². The number of hydrogen-bond acceptors (Lipinski definition) is 2. The fourth-order valence-corrected chi connectivity index (χ4v) is 1.78. The summed E-state index contributed by atoms with van der Waals surface area (Å²) in [5.41, 5.74) is 8.08. The molecule has 2 rings (SSSR count). The smallest absolute Gasteiger partial charge is 0.134 e. The van der Waals surface area contributed by atoms with Crippen LogP contribution in [-0.2, 0) is 6.42 Å². The molecule has 1 unspecified atom stereocenters. The van der Waals surface area contributed by atoms with Crippen LogP contribution in [-0.4, -0.2) is 0 Å². The van der Waals surface area contributed by atoms with Gasteiger partial charge in [0.05, 0.1) is 6.04 Å². The van der Waals surface area contributed by atoms with E-state index >= 15 is 0 Å². The molecule has 0 saturated carbocycles. The lowest BCUT2D eigenvalue weighted by molar-refractivity contribution is 0.513. The lowest BCUT2D eigenvalue weighted by atomic mass is 10.1. The molecule has 0 radical (unpaired) electrons. The molecular weight excluding hydrogens is 186 g/mol. The molecule has 0 saturated heterocycles. The maximum atomic E-state index is 5.78. The average Bonchev–Trinajstić information content (AvgIpc) is 2.61. The van der Waals surface area contributed by atoms with Crippen molar-refractivity contribution in [1.82, 2.24) is 0 Å². The van der Waals surface area contributed by atoms with Gasteiger partial charge in [0.2, 0.25) is 0 Å². The van der Waals surface area contributed by atoms with Crippen LogP contribution < -0.4 is 5.73 Å². The lowest BCUT2D eigenvalue weighted by Gasteiger charge is -1.97. The minimum Gasteiger partial charge on any atom is -0.459 e. The predicted octanol–water partition coefficient (Wildman–Crippen LogP) is 3.41. The largest absolute Gasteiger partial charge is 0.459 e. The Kier molecular flexibility index (Phi) is 2.78. The monoisotopic (exact) mass is 203 g/mol. The van der Waals surface area contributed by atoms with Crippen LogP contribution in [0.25, 0.3) is 11.0 Å². The number of nitrogens with two attached hydrogens (primary N) is 1. The SMILES string of the molecule is CCCc1ccc2oc(C(C)N)cc2c1. The Morgan fingerprint density at radius 3 is 2.80 bits per heavy atom. The van der Waals surface area contributed by atoms with Crippen molar-refractivity contribution in [2.75, 3.05) is 0 Å². The molecule has 2 N–H and O–H groups in total. The fourth-order valence-electron chi connectivity index (χ4n) is 1.78. The number of rotatable bonds is 3. The highest BCUT2D eigenvalue weighted by Crippen LogP contribution is 2.24. The summed E-state index contributed by atoms with van der Waals surface area (Å²) in [4.78, 5) is 0. The predicted molar refractivity (Wildman–Crippen MR) is 62.8 cm³/mol. The van der Waals surface area contributed by atoms with Crippen LogP contribution in [0.1, 0.15) is 37.6 Å². The molecule has 0 amide bonds. The van der Waals surface area contributed by atoms with Gasteiger partial charge in [0.15, 0.2) is 0 Å². The van der Waals surface area contributed by atoms with Crippen LogP contribution >= 0.6 is 0 Å². The number of fused-ring (bicyclic) bond motifs is 1. The van der Waals surface area contributed by atoms with Crippen LogP contribution in [0.2, 0.25) is 0 Å². The van der Waals surface area contributed by atoms with Crippen LogP contribution in [0, 0.1) is 0 Å². The average molecular weight is 203 g/mol. The standard InChI is InChI=1S/C13H17NO/c1-3-4-10-5-6-12-11(7-10)8-13(15-12)9(2)14/h5-9H,3-4,14H2,1-2H3. The summed E-state index contributed by atoms with van der Waals surface area (Å²) in [6, 6.07) is 8.35. The highest BCUT2D eigenvalue weighted by molar-refractivity contribution is 5.78. The Balaban J connectivity index is 2.43. The highest BCUT2D eigenvalue weighted by Gasteiger charge is 2.07. The van der Waals surface area contributed by atoms with E-state index in [-0.39, 0.29) is 6.04 Å². The molecule has 2 nitrogen and oxygen atoms in total. The van der Waals surface area contributed by atoms with Crippen molar-refractivity contribution in [3.8, 4) is 0 Å². The van der Waals surface area contributed by atoms with E-state index in [0.29, 0.717) is 0 Å². The number of hydrogen-bond donors (Lipinski definition) is 1. The normalized spacial score (nSPS) is 13.3. The Labute approximate surface area is 90.1 Å². The summed E-state index contributed by atoms with van der Waals surface area (Å²) in [6.45, 7) is 4.12. The molecule has 1 atom stereocenters. The zero-order valence-electron chi connectivity index (χ0n) is 9.29. The number of furan rings is 1.